The lowest BCUT2D eigenvalue weighted by molar-refractivity contribution is -0.154. The van der Waals surface area contributed by atoms with E-state index < -0.39 is 70.3 Å². The van der Waals surface area contributed by atoms with E-state index in [4.69, 9.17) is 0 Å². The highest BCUT2D eigenvalue weighted by Gasteiger charge is 2.64. The smallest absolute Gasteiger partial charge is 0.209 e. The van der Waals surface area contributed by atoms with Gasteiger partial charge >= 0.3 is 0 Å². The number of aliphatic hydroxyl groups excluding tert-OH is 3. The van der Waals surface area contributed by atoms with Crippen molar-refractivity contribution in [1.29, 1.82) is 0 Å². The second kappa shape index (κ2) is 7.51. The van der Waals surface area contributed by atoms with E-state index >= 15 is 0 Å². The van der Waals surface area contributed by atoms with Crippen LogP contribution in [-0.4, -0.2) is 54.6 Å². The molecule has 1 saturated carbocycles. The molecule has 4 aliphatic rings. The van der Waals surface area contributed by atoms with Crippen LogP contribution in [0.2, 0.25) is 0 Å². The summed E-state index contributed by atoms with van der Waals surface area (Å²) in [5.41, 5.74) is -2.88. The van der Waals surface area contributed by atoms with Gasteiger partial charge in [-0.05, 0) is 36.7 Å². The summed E-state index contributed by atoms with van der Waals surface area (Å²) in [5.74, 6) is -7.35. The van der Waals surface area contributed by atoms with Gasteiger partial charge in [-0.25, -0.2) is 0 Å². The van der Waals surface area contributed by atoms with Gasteiger partial charge < -0.3 is 25.5 Å². The van der Waals surface area contributed by atoms with E-state index in [1.807, 2.05) is 13.0 Å². The first-order valence-corrected chi connectivity index (χ1v) is 12.1. The SMILES string of the molecule is CC(=O)C1=C(O)C[C@@H]2[C@@H](O)[C@H]3C(=C(O)[C@]2(O)C1=O)C(=O)c1c(ccc(C2(C)CCCC2)c1O)[C@H]3C. The Bertz CT molecular complexity index is 1250. The number of aliphatic hydroxyl groups is 4. The van der Waals surface area contributed by atoms with Gasteiger partial charge in [0.1, 0.15) is 22.8 Å². The van der Waals surface area contributed by atoms with Crippen LogP contribution in [0.15, 0.2) is 34.8 Å². The third kappa shape index (κ3) is 2.90. The lowest BCUT2D eigenvalue weighted by Crippen LogP contribution is -2.62. The van der Waals surface area contributed by atoms with Crippen LogP contribution < -0.4 is 0 Å². The van der Waals surface area contributed by atoms with E-state index in [1.54, 1.807) is 13.0 Å². The molecule has 5 atom stereocenters. The summed E-state index contributed by atoms with van der Waals surface area (Å²) in [6.45, 7) is 4.83. The molecule has 0 spiro atoms. The molecule has 0 bridgehead atoms. The molecule has 8 heteroatoms. The van der Waals surface area contributed by atoms with Crippen LogP contribution in [0.3, 0.4) is 0 Å². The minimum atomic E-state index is -2.74. The van der Waals surface area contributed by atoms with Gasteiger partial charge in [0.15, 0.2) is 17.2 Å². The topological polar surface area (TPSA) is 152 Å². The molecule has 1 fully saturated rings. The van der Waals surface area contributed by atoms with E-state index in [1.165, 1.54) is 0 Å². The Morgan fingerprint density at radius 3 is 2.31 bits per heavy atom. The van der Waals surface area contributed by atoms with Crippen molar-refractivity contribution >= 4 is 17.3 Å². The van der Waals surface area contributed by atoms with Crippen molar-refractivity contribution in [3.63, 3.8) is 0 Å². The molecule has 0 aromatic heterocycles. The van der Waals surface area contributed by atoms with Crippen LogP contribution >= 0.6 is 0 Å². The minimum absolute atomic E-state index is 0.00335. The molecule has 0 unspecified atom stereocenters. The van der Waals surface area contributed by atoms with E-state index in [9.17, 15) is 39.9 Å². The number of carbonyl (C=O) groups is 3. The Balaban J connectivity index is 1.72. The largest absolute Gasteiger partial charge is 0.511 e. The normalized spacial score (nSPS) is 34.0. The first kappa shape index (κ1) is 23.8. The van der Waals surface area contributed by atoms with E-state index in [-0.39, 0.29) is 22.3 Å². The molecule has 0 heterocycles. The molecule has 0 saturated heterocycles. The summed E-state index contributed by atoms with van der Waals surface area (Å²) in [6, 6.07) is 3.59. The number of fused-ring (bicyclic) bond motifs is 3. The van der Waals surface area contributed by atoms with Crippen molar-refractivity contribution in [2.24, 2.45) is 11.8 Å². The molecule has 186 valence electrons. The van der Waals surface area contributed by atoms with Crippen LogP contribution in [-0.2, 0) is 15.0 Å². The number of carbonyl (C=O) groups excluding carboxylic acids is 3. The van der Waals surface area contributed by atoms with Gasteiger partial charge in [-0.3, -0.25) is 14.4 Å². The van der Waals surface area contributed by atoms with Crippen molar-refractivity contribution in [3.05, 3.63) is 51.5 Å². The molecule has 8 nitrogen and oxygen atoms in total. The highest BCUT2D eigenvalue weighted by atomic mass is 16.4. The molecule has 0 aliphatic heterocycles. The number of allylic oxidation sites excluding steroid dienone is 1. The van der Waals surface area contributed by atoms with Gasteiger partial charge in [0, 0.05) is 29.4 Å². The maximum atomic E-state index is 13.8. The molecule has 0 radical (unpaired) electrons. The van der Waals surface area contributed by atoms with Gasteiger partial charge in [-0.1, -0.05) is 38.8 Å². The van der Waals surface area contributed by atoms with Gasteiger partial charge in [0.25, 0.3) is 0 Å². The monoisotopic (exact) mass is 482 g/mol. The van der Waals surface area contributed by atoms with Crippen LogP contribution in [0.5, 0.6) is 5.75 Å². The maximum absolute atomic E-state index is 13.8. The second-order valence-electron chi connectivity index (χ2n) is 10.9. The summed E-state index contributed by atoms with van der Waals surface area (Å²) in [6.07, 6.45) is 1.84. The number of phenols is 1. The van der Waals surface area contributed by atoms with Crippen LogP contribution in [0, 0.1) is 11.8 Å². The Morgan fingerprint density at radius 1 is 1.09 bits per heavy atom. The quantitative estimate of drug-likeness (QED) is 0.403. The number of Topliss-reactive ketones (excluding diaryl/α,β-unsaturated/α-hetero) is 3. The predicted molar refractivity (Wildman–Crippen MR) is 124 cm³/mol. The Hall–Kier alpha value is -2.97. The van der Waals surface area contributed by atoms with Crippen molar-refractivity contribution in [1.82, 2.24) is 0 Å². The summed E-state index contributed by atoms with van der Waals surface area (Å²) in [4.78, 5) is 39.0. The molecule has 35 heavy (non-hydrogen) atoms. The molecule has 4 aliphatic carbocycles. The highest BCUT2D eigenvalue weighted by molar-refractivity contribution is 6.25. The summed E-state index contributed by atoms with van der Waals surface area (Å²) >= 11 is 0. The zero-order valence-corrected chi connectivity index (χ0v) is 20.0. The molecule has 1 aromatic rings. The minimum Gasteiger partial charge on any atom is -0.511 e. The number of rotatable bonds is 2. The number of hydrogen-bond donors (Lipinski definition) is 5. The first-order chi connectivity index (χ1) is 16.4. The third-order valence-corrected chi connectivity index (χ3v) is 8.96. The fraction of sp³-hybridized carbons (Fsp3) is 0.519. The zero-order valence-electron chi connectivity index (χ0n) is 20.0. The van der Waals surface area contributed by atoms with E-state index in [0.29, 0.717) is 11.1 Å². The molecular weight excluding hydrogens is 452 g/mol. The predicted octanol–water partition coefficient (Wildman–Crippen LogP) is 3.05. The summed E-state index contributed by atoms with van der Waals surface area (Å²) in [7, 11) is 0. The van der Waals surface area contributed by atoms with Crippen molar-refractivity contribution in [3.8, 4) is 5.75 Å². The zero-order chi connectivity index (χ0) is 25.6. The Labute approximate surface area is 202 Å². The van der Waals surface area contributed by atoms with Gasteiger partial charge in [0.2, 0.25) is 5.78 Å². The third-order valence-electron chi connectivity index (χ3n) is 8.96. The fourth-order valence-electron chi connectivity index (χ4n) is 7.02. The Morgan fingerprint density at radius 2 is 1.71 bits per heavy atom. The summed E-state index contributed by atoms with van der Waals surface area (Å²) < 4.78 is 0. The lowest BCUT2D eigenvalue weighted by Gasteiger charge is -2.50. The van der Waals surface area contributed by atoms with Crippen LogP contribution in [0.4, 0.5) is 0 Å². The van der Waals surface area contributed by atoms with Crippen molar-refractivity contribution in [2.75, 3.05) is 0 Å². The van der Waals surface area contributed by atoms with Gasteiger partial charge in [0.05, 0.1) is 11.7 Å². The van der Waals surface area contributed by atoms with E-state index in [2.05, 4.69) is 0 Å². The standard InChI is InChI=1S/C27H30O8/c1-11-13-6-7-14(26(3)8-4-5-9-26)21(30)19(13)23(32)20-17(11)22(31)15-10-16(29)18(12(2)28)24(33)27(15,35)25(20)34/h6-7,11,15,17,22,29-31,34-35H,4-5,8-10H2,1-3H3/t11-,15-,17-,22-,27-/m1/s1. The first-order valence-electron chi connectivity index (χ1n) is 12.1. The summed E-state index contributed by atoms with van der Waals surface area (Å²) in [5, 5.41) is 55.6. The lowest BCUT2D eigenvalue weighted by atomic mass is 9.56. The molecule has 5 N–H and O–H groups in total. The average Bonchev–Trinajstić information content (AvgIpc) is 3.23. The second-order valence-corrected chi connectivity index (χ2v) is 10.9. The number of aromatic hydroxyl groups is 1. The van der Waals surface area contributed by atoms with Crippen LogP contribution in [0.1, 0.15) is 80.3 Å². The fourth-order valence-corrected chi connectivity index (χ4v) is 7.02. The van der Waals surface area contributed by atoms with Gasteiger partial charge in [-0.2, -0.15) is 0 Å². The average molecular weight is 483 g/mol. The molecule has 0 amide bonds. The number of benzene rings is 1. The molecule has 5 rings (SSSR count). The molecule has 1 aromatic carbocycles. The number of ketones is 3. The van der Waals surface area contributed by atoms with Gasteiger partial charge in [-0.15, -0.1) is 0 Å². The van der Waals surface area contributed by atoms with Crippen molar-refractivity contribution in [2.45, 2.75) is 75.9 Å². The van der Waals surface area contributed by atoms with Crippen LogP contribution in [0.25, 0.3) is 0 Å². The Kier molecular flexibility index (Phi) is 5.10. The highest BCUT2D eigenvalue weighted by Crippen LogP contribution is 2.56. The number of hydrogen-bond acceptors (Lipinski definition) is 8. The maximum Gasteiger partial charge on any atom is 0.209 e. The van der Waals surface area contributed by atoms with Crippen molar-refractivity contribution < 1.29 is 39.9 Å². The molecular formula is C27H30O8. The number of phenolic OH excluding ortho intramolecular Hbond substituents is 1. The van der Waals surface area contributed by atoms with E-state index in [0.717, 1.165) is 32.6 Å².